The lowest BCUT2D eigenvalue weighted by Crippen LogP contribution is -2.36. The first-order chi connectivity index (χ1) is 9.97. The molecular formula is C14H20ClN3O4. The van der Waals surface area contributed by atoms with Crippen LogP contribution in [0.2, 0.25) is 0 Å². The van der Waals surface area contributed by atoms with Gasteiger partial charge in [0.2, 0.25) is 5.91 Å². The predicted octanol–water partition coefficient (Wildman–Crippen LogP) is 1.55. The maximum absolute atomic E-state index is 11.6. The Bertz CT molecular complexity index is 496. The van der Waals surface area contributed by atoms with Crippen molar-refractivity contribution < 1.29 is 19.5 Å². The molecule has 1 rings (SSSR count). The Kier molecular flexibility index (Phi) is 9.56. The Morgan fingerprint density at radius 3 is 2.27 bits per heavy atom. The topological polar surface area (TPSA) is 98.7 Å². The summed E-state index contributed by atoms with van der Waals surface area (Å²) in [6, 6.07) is 8.21. The van der Waals surface area contributed by atoms with Gasteiger partial charge in [-0.15, -0.1) is 12.4 Å². The molecule has 0 aliphatic rings. The quantitative estimate of drug-likeness (QED) is 0.705. The first-order valence-corrected chi connectivity index (χ1v) is 6.53. The van der Waals surface area contributed by atoms with Crippen LogP contribution >= 0.6 is 12.4 Å². The number of aliphatic carboxylic acids is 1. The Labute approximate surface area is 135 Å². The molecule has 0 aliphatic heterocycles. The van der Waals surface area contributed by atoms with Gasteiger partial charge in [-0.1, -0.05) is 18.2 Å². The zero-order valence-corrected chi connectivity index (χ0v) is 13.1. The van der Waals surface area contributed by atoms with E-state index in [4.69, 9.17) is 5.11 Å². The number of nitrogens with one attached hydrogen (secondary N) is 2. The Morgan fingerprint density at radius 2 is 1.68 bits per heavy atom. The normalized spacial score (nSPS) is 9.73. The van der Waals surface area contributed by atoms with E-state index in [0.717, 1.165) is 0 Å². The average molecular weight is 330 g/mol. The fourth-order valence-corrected chi connectivity index (χ4v) is 1.56. The minimum Gasteiger partial charge on any atom is -0.481 e. The summed E-state index contributed by atoms with van der Waals surface area (Å²) in [5, 5.41) is 13.3. The second kappa shape index (κ2) is 10.6. The lowest BCUT2D eigenvalue weighted by atomic mass is 10.3. The number of nitrogens with zero attached hydrogens (tertiary/aromatic N) is 1. The van der Waals surface area contributed by atoms with E-state index in [1.807, 2.05) is 6.07 Å². The van der Waals surface area contributed by atoms with Gasteiger partial charge in [0.15, 0.2) is 0 Å². The molecule has 0 spiro atoms. The van der Waals surface area contributed by atoms with Crippen LogP contribution in [-0.4, -0.2) is 48.1 Å². The number of anilines is 1. The molecule has 1 aromatic carbocycles. The monoisotopic (exact) mass is 329 g/mol. The van der Waals surface area contributed by atoms with Gasteiger partial charge in [0.25, 0.3) is 0 Å². The molecule has 0 radical (unpaired) electrons. The molecule has 0 unspecified atom stereocenters. The number of hydrogen-bond acceptors (Lipinski definition) is 4. The highest BCUT2D eigenvalue weighted by atomic mass is 35.5. The van der Waals surface area contributed by atoms with Crippen LogP contribution in [0.4, 0.5) is 10.5 Å². The van der Waals surface area contributed by atoms with E-state index in [0.29, 0.717) is 18.8 Å². The molecule has 0 bridgehead atoms. The number of halogens is 1. The van der Waals surface area contributed by atoms with Gasteiger partial charge in [-0.25, -0.2) is 4.79 Å². The highest BCUT2D eigenvalue weighted by molar-refractivity contribution is 6.01. The number of para-hydroxylation sites is 1. The maximum Gasteiger partial charge on any atom is 0.325 e. The Hall–Kier alpha value is -2.12. The fourth-order valence-electron chi connectivity index (χ4n) is 1.56. The zero-order valence-electron chi connectivity index (χ0n) is 12.2. The molecule has 22 heavy (non-hydrogen) atoms. The third-order valence-electron chi connectivity index (χ3n) is 2.71. The number of rotatable bonds is 7. The van der Waals surface area contributed by atoms with Crippen LogP contribution in [0, 0.1) is 0 Å². The highest BCUT2D eigenvalue weighted by Gasteiger charge is 2.09. The fraction of sp³-hybridized carbons (Fsp3) is 0.357. The third kappa shape index (κ3) is 8.93. The second-order valence-electron chi connectivity index (χ2n) is 4.57. The molecule has 0 atom stereocenters. The third-order valence-corrected chi connectivity index (χ3v) is 2.71. The molecule has 0 saturated heterocycles. The first-order valence-electron chi connectivity index (χ1n) is 6.53. The summed E-state index contributed by atoms with van der Waals surface area (Å²) in [6.07, 6.45) is 0.144. The van der Waals surface area contributed by atoms with Crippen molar-refractivity contribution in [3.63, 3.8) is 0 Å². The molecule has 8 heteroatoms. The van der Waals surface area contributed by atoms with E-state index >= 15 is 0 Å². The van der Waals surface area contributed by atoms with Crippen LogP contribution in [0.3, 0.4) is 0 Å². The lowest BCUT2D eigenvalue weighted by Gasteiger charge is -2.14. The Morgan fingerprint density at radius 1 is 1.09 bits per heavy atom. The van der Waals surface area contributed by atoms with E-state index in [1.165, 1.54) is 0 Å². The van der Waals surface area contributed by atoms with Crippen molar-refractivity contribution >= 4 is 36.0 Å². The molecular weight excluding hydrogens is 310 g/mol. The smallest absolute Gasteiger partial charge is 0.325 e. The van der Waals surface area contributed by atoms with Crippen molar-refractivity contribution in [2.45, 2.75) is 12.8 Å². The van der Waals surface area contributed by atoms with Gasteiger partial charge in [0, 0.05) is 25.2 Å². The van der Waals surface area contributed by atoms with Gasteiger partial charge in [-0.3, -0.25) is 14.9 Å². The lowest BCUT2D eigenvalue weighted by molar-refractivity contribution is -0.137. The molecule has 122 valence electrons. The predicted molar refractivity (Wildman–Crippen MR) is 85.2 cm³/mol. The minimum atomic E-state index is -0.881. The number of benzene rings is 1. The molecule has 0 heterocycles. The van der Waals surface area contributed by atoms with Gasteiger partial charge in [-0.05, 0) is 19.2 Å². The molecule has 1 aromatic rings. The number of amides is 3. The van der Waals surface area contributed by atoms with Crippen LogP contribution < -0.4 is 10.6 Å². The summed E-state index contributed by atoms with van der Waals surface area (Å²) in [5.74, 6) is -1.29. The summed E-state index contributed by atoms with van der Waals surface area (Å²) >= 11 is 0. The van der Waals surface area contributed by atoms with Gasteiger partial charge in [0.05, 0.1) is 6.42 Å². The SMILES string of the molecule is CN(CCC(=O)O)CCC(=O)NC(=O)Nc1ccccc1.Cl. The molecule has 0 fully saturated rings. The molecule has 3 N–H and O–H groups in total. The average Bonchev–Trinajstić information content (AvgIpc) is 2.43. The molecule has 3 amide bonds. The number of carboxylic acid groups (broad SMARTS) is 1. The van der Waals surface area contributed by atoms with Crippen LogP contribution in [-0.2, 0) is 9.59 Å². The number of carbonyl (C=O) groups excluding carboxylic acids is 2. The number of imide groups is 1. The maximum atomic E-state index is 11.6. The Balaban J connectivity index is 0.00000441. The van der Waals surface area contributed by atoms with E-state index in [-0.39, 0.29) is 25.2 Å². The van der Waals surface area contributed by atoms with Crippen LogP contribution in [0.1, 0.15) is 12.8 Å². The minimum absolute atomic E-state index is 0. The highest BCUT2D eigenvalue weighted by Crippen LogP contribution is 2.04. The summed E-state index contributed by atoms with van der Waals surface area (Å²) in [5.41, 5.74) is 0.598. The molecule has 0 aliphatic carbocycles. The van der Waals surface area contributed by atoms with E-state index < -0.39 is 17.9 Å². The number of urea groups is 1. The van der Waals surface area contributed by atoms with Crippen molar-refractivity contribution in [1.82, 2.24) is 10.2 Å². The standard InChI is InChI=1S/C14H19N3O4.ClH/c1-17(10-8-13(19)20)9-7-12(18)16-14(21)15-11-5-3-2-4-6-11;/h2-6H,7-10H2,1H3,(H,19,20)(H2,15,16,18,21);1H. The zero-order chi connectivity index (χ0) is 15.7. The van der Waals surface area contributed by atoms with Crippen LogP contribution in [0.5, 0.6) is 0 Å². The number of hydrogen-bond donors (Lipinski definition) is 3. The van der Waals surface area contributed by atoms with Gasteiger partial charge < -0.3 is 15.3 Å². The summed E-state index contributed by atoms with van der Waals surface area (Å²) in [6.45, 7) is 0.747. The second-order valence-corrected chi connectivity index (χ2v) is 4.57. The molecule has 0 saturated carbocycles. The molecule has 7 nitrogen and oxygen atoms in total. The van der Waals surface area contributed by atoms with Crippen molar-refractivity contribution in [2.24, 2.45) is 0 Å². The van der Waals surface area contributed by atoms with Crippen molar-refractivity contribution in [3.05, 3.63) is 30.3 Å². The van der Waals surface area contributed by atoms with Gasteiger partial charge in [-0.2, -0.15) is 0 Å². The largest absolute Gasteiger partial charge is 0.481 e. The van der Waals surface area contributed by atoms with Crippen molar-refractivity contribution in [1.29, 1.82) is 0 Å². The molecule has 0 aromatic heterocycles. The number of carboxylic acids is 1. The van der Waals surface area contributed by atoms with Crippen molar-refractivity contribution in [3.8, 4) is 0 Å². The van der Waals surface area contributed by atoms with E-state index in [9.17, 15) is 14.4 Å². The van der Waals surface area contributed by atoms with E-state index in [2.05, 4.69) is 10.6 Å². The number of carbonyl (C=O) groups is 3. The van der Waals surface area contributed by atoms with Crippen LogP contribution in [0.25, 0.3) is 0 Å². The van der Waals surface area contributed by atoms with Gasteiger partial charge >= 0.3 is 12.0 Å². The van der Waals surface area contributed by atoms with E-state index in [1.54, 1.807) is 36.2 Å². The summed E-state index contributed by atoms with van der Waals surface area (Å²) < 4.78 is 0. The van der Waals surface area contributed by atoms with Gasteiger partial charge in [0.1, 0.15) is 0 Å². The summed E-state index contributed by atoms with van der Waals surface area (Å²) in [7, 11) is 1.72. The first kappa shape index (κ1) is 19.9. The van der Waals surface area contributed by atoms with Crippen molar-refractivity contribution in [2.75, 3.05) is 25.5 Å². The summed E-state index contributed by atoms with van der Waals surface area (Å²) in [4.78, 5) is 35.2. The van der Waals surface area contributed by atoms with Crippen LogP contribution in [0.15, 0.2) is 30.3 Å².